The molecule has 2 saturated carbocycles. The molecule has 180 valence electrons. The van der Waals surface area contributed by atoms with E-state index in [1.807, 2.05) is 0 Å². The minimum atomic E-state index is -0.135. The van der Waals surface area contributed by atoms with E-state index in [9.17, 15) is 4.79 Å². The Labute approximate surface area is 194 Å². The number of hydrogen-bond donors (Lipinski definition) is 0. The number of ether oxygens (including phenoxy) is 1. The van der Waals surface area contributed by atoms with Gasteiger partial charge in [0.2, 0.25) is 0 Å². The summed E-state index contributed by atoms with van der Waals surface area (Å²) in [6, 6.07) is 0. The van der Waals surface area contributed by atoms with Gasteiger partial charge in [0.25, 0.3) is 0 Å². The standard InChI is InChI=1S/C29H52O2/c1-11-28(9)24(22(6)19-20(2)3)13-14-26-27(8,16-12-17-29(26,28)10)18-15-25(21(4)5)31-23(7)30/h19-21,24-26H,11-18H2,1-10H3. The Hall–Kier alpha value is -0.790. The van der Waals surface area contributed by atoms with E-state index < -0.39 is 0 Å². The molecule has 0 heterocycles. The lowest BCUT2D eigenvalue weighted by atomic mass is 9.39. The number of rotatable bonds is 8. The molecule has 2 aliphatic rings. The van der Waals surface area contributed by atoms with Crippen LogP contribution in [0.3, 0.4) is 0 Å². The molecule has 0 aromatic rings. The van der Waals surface area contributed by atoms with E-state index in [1.54, 1.807) is 12.5 Å². The topological polar surface area (TPSA) is 26.3 Å². The Morgan fingerprint density at radius 2 is 1.71 bits per heavy atom. The molecule has 31 heavy (non-hydrogen) atoms. The fourth-order valence-electron chi connectivity index (χ4n) is 7.91. The highest BCUT2D eigenvalue weighted by molar-refractivity contribution is 5.66. The summed E-state index contributed by atoms with van der Waals surface area (Å²) in [5, 5.41) is 0. The van der Waals surface area contributed by atoms with Crippen LogP contribution in [-0.4, -0.2) is 12.1 Å². The van der Waals surface area contributed by atoms with E-state index in [2.05, 4.69) is 68.4 Å². The van der Waals surface area contributed by atoms with Crippen LogP contribution in [0.15, 0.2) is 11.6 Å². The molecule has 0 saturated heterocycles. The average molecular weight is 433 g/mol. The Bertz CT molecular complexity index is 647. The number of carbonyl (C=O) groups excluding carboxylic acids is 1. The summed E-state index contributed by atoms with van der Waals surface area (Å²) >= 11 is 0. The van der Waals surface area contributed by atoms with Crippen LogP contribution in [0.2, 0.25) is 0 Å². The number of fused-ring (bicyclic) bond motifs is 1. The summed E-state index contributed by atoms with van der Waals surface area (Å²) in [7, 11) is 0. The van der Waals surface area contributed by atoms with Gasteiger partial charge in [0.05, 0.1) is 0 Å². The molecule has 6 atom stereocenters. The number of carbonyl (C=O) groups is 1. The van der Waals surface area contributed by atoms with E-state index in [0.717, 1.165) is 12.3 Å². The summed E-state index contributed by atoms with van der Waals surface area (Å²) in [5.41, 5.74) is 2.69. The molecule has 6 unspecified atom stereocenters. The third-order valence-corrected chi connectivity index (χ3v) is 9.81. The van der Waals surface area contributed by atoms with Gasteiger partial charge in [-0.25, -0.2) is 0 Å². The predicted molar refractivity (Wildman–Crippen MR) is 133 cm³/mol. The Kier molecular flexibility index (Phi) is 8.54. The summed E-state index contributed by atoms with van der Waals surface area (Å²) in [4.78, 5) is 11.6. The quantitative estimate of drug-likeness (QED) is 0.283. The fourth-order valence-corrected chi connectivity index (χ4v) is 7.91. The third kappa shape index (κ3) is 5.25. The second kappa shape index (κ2) is 10.0. The van der Waals surface area contributed by atoms with Crippen LogP contribution < -0.4 is 0 Å². The highest BCUT2D eigenvalue weighted by atomic mass is 16.5. The van der Waals surface area contributed by atoms with Crippen molar-refractivity contribution in [3.05, 3.63) is 11.6 Å². The Morgan fingerprint density at radius 3 is 2.23 bits per heavy atom. The van der Waals surface area contributed by atoms with E-state index >= 15 is 0 Å². The molecule has 2 rings (SSSR count). The zero-order chi connectivity index (χ0) is 23.6. The smallest absolute Gasteiger partial charge is 0.302 e. The van der Waals surface area contributed by atoms with Crippen molar-refractivity contribution in [1.82, 2.24) is 0 Å². The van der Waals surface area contributed by atoms with Crippen molar-refractivity contribution in [1.29, 1.82) is 0 Å². The maximum atomic E-state index is 11.6. The SMILES string of the molecule is CCC1(C)C(C(C)=CC(C)C)CCC2C(C)(CCC(OC(C)=O)C(C)C)CCCC21C. The van der Waals surface area contributed by atoms with Gasteiger partial charge in [-0.2, -0.15) is 0 Å². The zero-order valence-electron chi connectivity index (χ0n) is 22.4. The Morgan fingerprint density at radius 1 is 1.06 bits per heavy atom. The molecule has 0 amide bonds. The van der Waals surface area contributed by atoms with Crippen LogP contribution >= 0.6 is 0 Å². The van der Waals surface area contributed by atoms with Gasteiger partial charge >= 0.3 is 5.97 Å². The largest absolute Gasteiger partial charge is 0.462 e. The molecule has 0 N–H and O–H groups in total. The van der Waals surface area contributed by atoms with Crippen LogP contribution in [0.1, 0.15) is 121 Å². The molecule has 2 aliphatic carbocycles. The van der Waals surface area contributed by atoms with Gasteiger partial charge in [-0.3, -0.25) is 4.79 Å². The highest BCUT2D eigenvalue weighted by Gasteiger charge is 2.60. The zero-order valence-corrected chi connectivity index (χ0v) is 22.4. The van der Waals surface area contributed by atoms with Crippen molar-refractivity contribution in [2.75, 3.05) is 0 Å². The first-order chi connectivity index (χ1) is 14.3. The lowest BCUT2D eigenvalue weighted by Gasteiger charge is -2.65. The molecular formula is C29H52O2. The minimum Gasteiger partial charge on any atom is -0.462 e. The molecule has 0 aromatic heterocycles. The molecule has 0 aromatic carbocycles. The third-order valence-electron chi connectivity index (χ3n) is 9.81. The molecule has 0 aliphatic heterocycles. The van der Waals surface area contributed by atoms with Gasteiger partial charge in [-0.15, -0.1) is 0 Å². The minimum absolute atomic E-state index is 0.0487. The highest BCUT2D eigenvalue weighted by Crippen LogP contribution is 2.69. The van der Waals surface area contributed by atoms with Crippen molar-refractivity contribution in [2.45, 2.75) is 127 Å². The summed E-state index contributed by atoms with van der Waals surface area (Å²) in [6.07, 6.45) is 12.7. The molecule has 0 bridgehead atoms. The predicted octanol–water partition coefficient (Wildman–Crippen LogP) is 8.60. The first kappa shape index (κ1) is 26.5. The molecule has 2 heteroatoms. The fraction of sp³-hybridized carbons (Fsp3) is 0.897. The first-order valence-electron chi connectivity index (χ1n) is 13.2. The molecule has 2 nitrogen and oxygen atoms in total. The summed E-state index contributed by atoms with van der Waals surface area (Å²) in [6.45, 7) is 23.2. The van der Waals surface area contributed by atoms with E-state index in [1.165, 1.54) is 44.9 Å². The average Bonchev–Trinajstić information content (AvgIpc) is 2.65. The second-order valence-electron chi connectivity index (χ2n) is 12.5. The van der Waals surface area contributed by atoms with Gasteiger partial charge < -0.3 is 4.74 Å². The molecule has 2 fully saturated rings. The van der Waals surface area contributed by atoms with Gasteiger partial charge in [-0.05, 0) is 91.8 Å². The van der Waals surface area contributed by atoms with Crippen molar-refractivity contribution in [3.63, 3.8) is 0 Å². The van der Waals surface area contributed by atoms with Crippen molar-refractivity contribution >= 4 is 5.97 Å². The number of esters is 1. The normalized spacial score (nSPS) is 37.6. The van der Waals surface area contributed by atoms with Crippen molar-refractivity contribution < 1.29 is 9.53 Å². The van der Waals surface area contributed by atoms with E-state index in [4.69, 9.17) is 4.74 Å². The van der Waals surface area contributed by atoms with Gasteiger partial charge in [0.15, 0.2) is 0 Å². The van der Waals surface area contributed by atoms with Gasteiger partial charge in [0, 0.05) is 6.92 Å². The van der Waals surface area contributed by atoms with Crippen LogP contribution in [0.25, 0.3) is 0 Å². The van der Waals surface area contributed by atoms with Gasteiger partial charge in [0.1, 0.15) is 6.10 Å². The summed E-state index contributed by atoms with van der Waals surface area (Å²) in [5.74, 6) is 2.32. The number of allylic oxidation sites excluding steroid dienone is 2. The lowest BCUT2D eigenvalue weighted by molar-refractivity contribution is -0.159. The molecule has 0 radical (unpaired) electrons. The second-order valence-corrected chi connectivity index (χ2v) is 12.5. The van der Waals surface area contributed by atoms with Crippen LogP contribution in [0.5, 0.6) is 0 Å². The Balaban J connectivity index is 2.32. The molecule has 0 spiro atoms. The monoisotopic (exact) mass is 432 g/mol. The lowest BCUT2D eigenvalue weighted by Crippen LogP contribution is -2.57. The van der Waals surface area contributed by atoms with Crippen molar-refractivity contribution in [2.24, 2.45) is 39.9 Å². The maximum absolute atomic E-state index is 11.6. The van der Waals surface area contributed by atoms with Crippen LogP contribution in [0, 0.1) is 39.9 Å². The summed E-state index contributed by atoms with van der Waals surface area (Å²) < 4.78 is 5.71. The number of hydrogen-bond acceptors (Lipinski definition) is 2. The first-order valence-corrected chi connectivity index (χ1v) is 13.2. The maximum Gasteiger partial charge on any atom is 0.302 e. The van der Waals surface area contributed by atoms with E-state index in [-0.39, 0.29) is 12.1 Å². The van der Waals surface area contributed by atoms with Crippen LogP contribution in [0.4, 0.5) is 0 Å². The molecular weight excluding hydrogens is 380 g/mol. The van der Waals surface area contributed by atoms with Crippen molar-refractivity contribution in [3.8, 4) is 0 Å². The van der Waals surface area contributed by atoms with Crippen LogP contribution in [-0.2, 0) is 9.53 Å². The van der Waals surface area contributed by atoms with E-state index in [0.29, 0.717) is 34.0 Å². The van der Waals surface area contributed by atoms with Gasteiger partial charge in [-0.1, -0.05) is 73.5 Å².